The van der Waals surface area contributed by atoms with Gasteiger partial charge < -0.3 is 10.6 Å². The molecule has 1 saturated carbocycles. The summed E-state index contributed by atoms with van der Waals surface area (Å²) in [5.41, 5.74) is 0. The molecule has 0 aliphatic heterocycles. The topological polar surface area (TPSA) is 41.1 Å². The first kappa shape index (κ1) is 15.7. The molecule has 0 aromatic rings. The van der Waals surface area contributed by atoms with Gasteiger partial charge in [0.1, 0.15) is 0 Å². The summed E-state index contributed by atoms with van der Waals surface area (Å²) in [5.74, 6) is 0.868. The molecule has 0 heterocycles. The van der Waals surface area contributed by atoms with Crippen molar-refractivity contribution in [3.8, 4) is 0 Å². The lowest BCUT2D eigenvalue weighted by molar-refractivity contribution is -0.122. The Balaban J connectivity index is 0.00000225. The first-order valence-electron chi connectivity index (χ1n) is 6.16. The fraction of sp³-hybridized carbons (Fsp3) is 0.917. The van der Waals surface area contributed by atoms with Crippen molar-refractivity contribution < 1.29 is 4.79 Å². The van der Waals surface area contributed by atoms with Crippen molar-refractivity contribution in [2.75, 3.05) is 13.6 Å². The van der Waals surface area contributed by atoms with E-state index in [0.29, 0.717) is 12.0 Å². The maximum atomic E-state index is 11.6. The van der Waals surface area contributed by atoms with Gasteiger partial charge in [-0.05, 0) is 32.7 Å². The summed E-state index contributed by atoms with van der Waals surface area (Å²) in [6.45, 7) is 2.81. The summed E-state index contributed by atoms with van der Waals surface area (Å²) in [6.07, 6.45) is 7.20. The number of rotatable bonds is 5. The number of nitrogens with one attached hydrogen (secondary N) is 2. The van der Waals surface area contributed by atoms with Crippen molar-refractivity contribution in [3.05, 3.63) is 0 Å². The molecular weight excluding hydrogens is 224 g/mol. The van der Waals surface area contributed by atoms with Crippen LogP contribution in [0.1, 0.15) is 45.4 Å². The number of carbonyl (C=O) groups excluding carboxylic acids is 1. The Morgan fingerprint density at radius 2 is 1.94 bits per heavy atom. The van der Waals surface area contributed by atoms with Crippen LogP contribution in [0.25, 0.3) is 0 Å². The van der Waals surface area contributed by atoms with Crippen molar-refractivity contribution in [1.82, 2.24) is 10.6 Å². The highest BCUT2D eigenvalue weighted by Gasteiger charge is 2.16. The minimum atomic E-state index is 0. The summed E-state index contributed by atoms with van der Waals surface area (Å²) in [7, 11) is 1.91. The lowest BCUT2D eigenvalue weighted by Gasteiger charge is -2.21. The van der Waals surface area contributed by atoms with Crippen LogP contribution in [0.3, 0.4) is 0 Å². The highest BCUT2D eigenvalue weighted by atomic mass is 35.5. The molecule has 2 N–H and O–H groups in total. The predicted molar refractivity (Wildman–Crippen MR) is 70.0 cm³/mol. The van der Waals surface area contributed by atoms with Gasteiger partial charge in [-0.1, -0.05) is 19.3 Å². The van der Waals surface area contributed by atoms with Gasteiger partial charge >= 0.3 is 0 Å². The zero-order chi connectivity index (χ0) is 11.1. The van der Waals surface area contributed by atoms with Crippen molar-refractivity contribution >= 4 is 18.3 Å². The molecule has 1 rings (SSSR count). The summed E-state index contributed by atoms with van der Waals surface area (Å²) in [4.78, 5) is 11.6. The van der Waals surface area contributed by atoms with Crippen molar-refractivity contribution in [2.45, 2.75) is 51.5 Å². The smallest absolute Gasteiger partial charge is 0.220 e. The molecule has 96 valence electrons. The second kappa shape index (κ2) is 8.82. The van der Waals surface area contributed by atoms with Crippen molar-refractivity contribution in [2.24, 2.45) is 5.92 Å². The number of hydrogen-bond donors (Lipinski definition) is 2. The van der Waals surface area contributed by atoms with E-state index in [9.17, 15) is 4.79 Å². The van der Waals surface area contributed by atoms with E-state index in [1.807, 2.05) is 7.05 Å². The third kappa shape index (κ3) is 6.33. The van der Waals surface area contributed by atoms with Crippen LogP contribution in [0.5, 0.6) is 0 Å². The molecule has 3 nitrogen and oxygen atoms in total. The quantitative estimate of drug-likeness (QED) is 0.783. The average Bonchev–Trinajstić information content (AvgIpc) is 2.27. The highest BCUT2D eigenvalue weighted by molar-refractivity contribution is 5.85. The first-order chi connectivity index (χ1) is 7.22. The number of halogens is 1. The van der Waals surface area contributed by atoms with Crippen LogP contribution < -0.4 is 10.6 Å². The number of amides is 1. The van der Waals surface area contributed by atoms with Gasteiger partial charge in [-0.15, -0.1) is 12.4 Å². The summed E-state index contributed by atoms with van der Waals surface area (Å²) in [5, 5.41) is 6.09. The van der Waals surface area contributed by atoms with E-state index >= 15 is 0 Å². The fourth-order valence-electron chi connectivity index (χ4n) is 2.09. The third-order valence-electron chi connectivity index (χ3n) is 3.30. The van der Waals surface area contributed by atoms with Gasteiger partial charge in [0.25, 0.3) is 0 Å². The third-order valence-corrected chi connectivity index (χ3v) is 3.30. The molecule has 1 aliphatic carbocycles. The predicted octanol–water partition coefficient (Wildman–Crippen LogP) is 2.10. The van der Waals surface area contributed by atoms with Crippen LogP contribution in [-0.4, -0.2) is 25.5 Å². The second-order valence-corrected chi connectivity index (χ2v) is 4.70. The Kier molecular flexibility index (Phi) is 8.67. The Bertz CT molecular complexity index is 193. The van der Waals surface area contributed by atoms with E-state index in [0.717, 1.165) is 13.0 Å². The van der Waals surface area contributed by atoms with Crippen molar-refractivity contribution in [3.63, 3.8) is 0 Å². The molecular formula is C12H25ClN2O. The largest absolute Gasteiger partial charge is 0.355 e. The maximum Gasteiger partial charge on any atom is 0.220 e. The molecule has 0 radical (unpaired) electrons. The van der Waals surface area contributed by atoms with Gasteiger partial charge in [0, 0.05) is 19.0 Å². The van der Waals surface area contributed by atoms with E-state index in [-0.39, 0.29) is 18.3 Å². The standard InChI is InChI=1S/C12H24N2O.ClH/c1-10(13-2)9-14-12(15)8-11-6-4-3-5-7-11;/h10-11,13H,3-9H2,1-2H3,(H,14,15);1H. The summed E-state index contributed by atoms with van der Waals surface area (Å²) >= 11 is 0. The van der Waals surface area contributed by atoms with E-state index < -0.39 is 0 Å². The Morgan fingerprint density at radius 3 is 2.50 bits per heavy atom. The molecule has 1 fully saturated rings. The zero-order valence-electron chi connectivity index (χ0n) is 10.4. The SMILES string of the molecule is CNC(C)CNC(=O)CC1CCCCC1.Cl. The fourth-order valence-corrected chi connectivity index (χ4v) is 2.09. The lowest BCUT2D eigenvalue weighted by atomic mass is 9.87. The van der Waals surface area contributed by atoms with Crippen LogP contribution in [-0.2, 0) is 4.79 Å². The molecule has 4 heteroatoms. The molecule has 0 bridgehead atoms. The molecule has 16 heavy (non-hydrogen) atoms. The lowest BCUT2D eigenvalue weighted by Crippen LogP contribution is -2.37. The van der Waals surface area contributed by atoms with Gasteiger partial charge in [-0.2, -0.15) is 0 Å². The molecule has 0 spiro atoms. The average molecular weight is 249 g/mol. The van der Waals surface area contributed by atoms with Crippen LogP contribution in [0.15, 0.2) is 0 Å². The molecule has 0 aromatic heterocycles. The van der Waals surface area contributed by atoms with Gasteiger partial charge in [-0.25, -0.2) is 0 Å². The van der Waals surface area contributed by atoms with E-state index in [2.05, 4.69) is 17.6 Å². The van der Waals surface area contributed by atoms with Crippen LogP contribution in [0.2, 0.25) is 0 Å². The van der Waals surface area contributed by atoms with E-state index in [4.69, 9.17) is 0 Å². The normalized spacial score (nSPS) is 18.6. The minimum Gasteiger partial charge on any atom is -0.355 e. The van der Waals surface area contributed by atoms with Crippen molar-refractivity contribution in [1.29, 1.82) is 0 Å². The van der Waals surface area contributed by atoms with Gasteiger partial charge in [0.2, 0.25) is 5.91 Å². The maximum absolute atomic E-state index is 11.6. The van der Waals surface area contributed by atoms with Crippen LogP contribution in [0.4, 0.5) is 0 Å². The number of hydrogen-bond acceptors (Lipinski definition) is 2. The number of carbonyl (C=O) groups is 1. The molecule has 0 saturated heterocycles. The molecule has 1 amide bonds. The highest BCUT2D eigenvalue weighted by Crippen LogP contribution is 2.25. The Hall–Kier alpha value is -0.280. The first-order valence-corrected chi connectivity index (χ1v) is 6.16. The molecule has 1 atom stereocenters. The molecule has 1 aliphatic rings. The van der Waals surface area contributed by atoms with Gasteiger partial charge in [-0.3, -0.25) is 4.79 Å². The summed E-state index contributed by atoms with van der Waals surface area (Å²) < 4.78 is 0. The molecule has 0 aromatic carbocycles. The molecule has 1 unspecified atom stereocenters. The monoisotopic (exact) mass is 248 g/mol. The zero-order valence-corrected chi connectivity index (χ0v) is 11.2. The van der Waals surface area contributed by atoms with Gasteiger partial charge in [0.15, 0.2) is 0 Å². The summed E-state index contributed by atoms with van der Waals surface area (Å²) in [6, 6.07) is 0.361. The van der Waals surface area contributed by atoms with E-state index in [1.165, 1.54) is 32.1 Å². The Labute approximate surface area is 105 Å². The number of likely N-dealkylation sites (N-methyl/N-ethyl adjacent to an activating group) is 1. The van der Waals surface area contributed by atoms with Gasteiger partial charge in [0.05, 0.1) is 0 Å². The van der Waals surface area contributed by atoms with Crippen LogP contribution >= 0.6 is 12.4 Å². The second-order valence-electron chi connectivity index (χ2n) is 4.70. The minimum absolute atomic E-state index is 0. The van der Waals surface area contributed by atoms with Crippen LogP contribution in [0, 0.1) is 5.92 Å². The Morgan fingerprint density at radius 1 is 1.31 bits per heavy atom. The van der Waals surface area contributed by atoms with E-state index in [1.54, 1.807) is 0 Å².